The lowest BCUT2D eigenvalue weighted by atomic mass is 10.1. The van der Waals surface area contributed by atoms with Crippen LogP contribution in [0.5, 0.6) is 0 Å². The molecule has 0 aliphatic rings. The van der Waals surface area contributed by atoms with Crippen molar-refractivity contribution in [2.75, 3.05) is 0 Å². The Morgan fingerprint density at radius 3 is 2.95 bits per heavy atom. The molecular weight excluding hydrogens is 270 g/mol. The van der Waals surface area contributed by atoms with Crippen molar-refractivity contribution in [2.45, 2.75) is 20.4 Å². The molecule has 3 rings (SSSR count). The van der Waals surface area contributed by atoms with Crippen molar-refractivity contribution in [3.63, 3.8) is 0 Å². The third kappa shape index (κ3) is 2.44. The van der Waals surface area contributed by atoms with Gasteiger partial charge in [-0.15, -0.1) is 11.3 Å². The molecule has 2 N–H and O–H groups in total. The molecule has 0 spiro atoms. The molecule has 102 valence electrons. The molecule has 0 fully saturated rings. The fourth-order valence-electron chi connectivity index (χ4n) is 2.19. The summed E-state index contributed by atoms with van der Waals surface area (Å²) in [6, 6.07) is 7.61. The van der Waals surface area contributed by atoms with E-state index in [-0.39, 0.29) is 5.91 Å². The summed E-state index contributed by atoms with van der Waals surface area (Å²) in [6.07, 6.45) is 1.87. The van der Waals surface area contributed by atoms with Gasteiger partial charge in [0.2, 0.25) is 0 Å². The number of aromatic amines is 1. The summed E-state index contributed by atoms with van der Waals surface area (Å²) in [5, 5.41) is 5.02. The highest BCUT2D eigenvalue weighted by Crippen LogP contribution is 2.17. The lowest BCUT2D eigenvalue weighted by Gasteiger charge is -2.04. The van der Waals surface area contributed by atoms with Gasteiger partial charge in [0.25, 0.3) is 5.91 Å². The number of thiazole rings is 1. The topological polar surface area (TPSA) is 57.8 Å². The summed E-state index contributed by atoms with van der Waals surface area (Å²) in [5.41, 5.74) is 2.71. The minimum atomic E-state index is -0.0569. The van der Waals surface area contributed by atoms with Crippen molar-refractivity contribution in [3.05, 3.63) is 51.6 Å². The van der Waals surface area contributed by atoms with Gasteiger partial charge in [0, 0.05) is 27.5 Å². The van der Waals surface area contributed by atoms with Crippen molar-refractivity contribution < 1.29 is 4.79 Å². The summed E-state index contributed by atoms with van der Waals surface area (Å²) in [6.45, 7) is 4.47. The van der Waals surface area contributed by atoms with E-state index in [4.69, 9.17) is 0 Å². The molecule has 0 atom stereocenters. The molecule has 5 heteroatoms. The van der Waals surface area contributed by atoms with Crippen LogP contribution < -0.4 is 5.32 Å². The van der Waals surface area contributed by atoms with Gasteiger partial charge in [-0.3, -0.25) is 4.79 Å². The average molecular weight is 285 g/mol. The van der Waals surface area contributed by atoms with Crippen LogP contribution >= 0.6 is 11.3 Å². The Hall–Kier alpha value is -2.14. The number of fused-ring (bicyclic) bond motifs is 1. The van der Waals surface area contributed by atoms with Crippen LogP contribution in [0.2, 0.25) is 0 Å². The van der Waals surface area contributed by atoms with E-state index < -0.39 is 0 Å². The van der Waals surface area contributed by atoms with Crippen LogP contribution in [0.3, 0.4) is 0 Å². The van der Waals surface area contributed by atoms with Crippen molar-refractivity contribution >= 4 is 28.1 Å². The zero-order valence-electron chi connectivity index (χ0n) is 11.4. The van der Waals surface area contributed by atoms with E-state index in [1.54, 1.807) is 11.3 Å². The first-order valence-electron chi connectivity index (χ1n) is 6.42. The third-order valence-corrected chi connectivity index (χ3v) is 4.30. The predicted octanol–water partition coefficient (Wildman–Crippen LogP) is 3.17. The highest BCUT2D eigenvalue weighted by molar-refractivity contribution is 7.11. The summed E-state index contributed by atoms with van der Waals surface area (Å²) >= 11 is 1.62. The smallest absolute Gasteiger partial charge is 0.251 e. The lowest BCUT2D eigenvalue weighted by molar-refractivity contribution is 0.0951. The first-order valence-corrected chi connectivity index (χ1v) is 7.23. The molecule has 1 aromatic carbocycles. The Bertz CT molecular complexity index is 772. The molecule has 0 bridgehead atoms. The van der Waals surface area contributed by atoms with Crippen LogP contribution in [0.4, 0.5) is 0 Å². The van der Waals surface area contributed by atoms with Gasteiger partial charge in [0.05, 0.1) is 17.2 Å². The normalized spacial score (nSPS) is 10.9. The molecule has 0 aliphatic carbocycles. The van der Waals surface area contributed by atoms with Crippen LogP contribution in [-0.2, 0) is 6.54 Å². The second-order valence-electron chi connectivity index (χ2n) is 4.70. The van der Waals surface area contributed by atoms with E-state index in [0.717, 1.165) is 26.5 Å². The molecule has 0 unspecified atom stereocenters. The molecule has 20 heavy (non-hydrogen) atoms. The molecule has 0 radical (unpaired) electrons. The fourth-order valence-corrected chi connectivity index (χ4v) is 3.07. The second-order valence-corrected chi connectivity index (χ2v) is 5.99. The largest absolute Gasteiger partial charge is 0.361 e. The molecule has 3 aromatic rings. The standard InChI is InChI=1S/C15H15N3OS/c1-9-14(20-10(2)18-9)8-17-15(19)12-3-4-13-11(7-12)5-6-16-13/h3-7,16H,8H2,1-2H3,(H,17,19). The molecular formula is C15H15N3OS. The van der Waals surface area contributed by atoms with Crippen LogP contribution in [0.1, 0.15) is 25.9 Å². The SMILES string of the molecule is Cc1nc(C)c(CNC(=O)c2ccc3[nH]ccc3c2)s1. The number of hydrogen-bond acceptors (Lipinski definition) is 3. The Morgan fingerprint density at radius 1 is 1.35 bits per heavy atom. The Labute approximate surface area is 120 Å². The number of amides is 1. The number of aromatic nitrogens is 2. The van der Waals surface area contributed by atoms with Crippen LogP contribution in [0.15, 0.2) is 30.5 Å². The van der Waals surface area contributed by atoms with Gasteiger partial charge in [-0.2, -0.15) is 0 Å². The first-order chi connectivity index (χ1) is 9.63. The maximum absolute atomic E-state index is 12.2. The maximum atomic E-state index is 12.2. The number of carbonyl (C=O) groups excluding carboxylic acids is 1. The predicted molar refractivity (Wildman–Crippen MR) is 81.1 cm³/mol. The van der Waals surface area contributed by atoms with Crippen LogP contribution in [0.25, 0.3) is 10.9 Å². The molecule has 1 amide bonds. The average Bonchev–Trinajstić information content (AvgIpc) is 3.01. The molecule has 2 heterocycles. The number of hydrogen-bond donors (Lipinski definition) is 2. The van der Waals surface area contributed by atoms with Crippen LogP contribution in [0, 0.1) is 13.8 Å². The molecule has 0 aliphatic heterocycles. The Morgan fingerprint density at radius 2 is 2.20 bits per heavy atom. The van der Waals surface area contributed by atoms with Crippen molar-refractivity contribution in [3.8, 4) is 0 Å². The van der Waals surface area contributed by atoms with Gasteiger partial charge in [0.1, 0.15) is 0 Å². The number of nitrogens with one attached hydrogen (secondary N) is 2. The zero-order chi connectivity index (χ0) is 14.1. The van der Waals surface area contributed by atoms with E-state index in [2.05, 4.69) is 15.3 Å². The number of carbonyl (C=O) groups is 1. The van der Waals surface area contributed by atoms with Gasteiger partial charge in [-0.05, 0) is 38.1 Å². The summed E-state index contributed by atoms with van der Waals surface area (Å²) in [7, 11) is 0. The second kappa shape index (κ2) is 5.09. The third-order valence-electron chi connectivity index (χ3n) is 3.22. The summed E-state index contributed by atoms with van der Waals surface area (Å²) in [4.78, 5) is 20.7. The molecule has 2 aromatic heterocycles. The van der Waals surface area contributed by atoms with Gasteiger partial charge >= 0.3 is 0 Å². The number of H-pyrrole nitrogens is 1. The fraction of sp³-hybridized carbons (Fsp3) is 0.200. The quantitative estimate of drug-likeness (QED) is 0.776. The molecule has 4 nitrogen and oxygen atoms in total. The zero-order valence-corrected chi connectivity index (χ0v) is 12.2. The molecule has 0 saturated heterocycles. The number of nitrogens with zero attached hydrogens (tertiary/aromatic N) is 1. The van der Waals surface area contributed by atoms with E-state index in [1.807, 2.05) is 44.3 Å². The van der Waals surface area contributed by atoms with Crippen molar-refractivity contribution in [2.24, 2.45) is 0 Å². The Kier molecular flexibility index (Phi) is 3.28. The molecule has 0 saturated carbocycles. The van der Waals surface area contributed by atoms with Crippen molar-refractivity contribution in [1.82, 2.24) is 15.3 Å². The number of benzene rings is 1. The summed E-state index contributed by atoms with van der Waals surface area (Å²) in [5.74, 6) is -0.0569. The minimum Gasteiger partial charge on any atom is -0.361 e. The van der Waals surface area contributed by atoms with Gasteiger partial charge < -0.3 is 10.3 Å². The first kappa shape index (κ1) is 12.9. The van der Waals surface area contributed by atoms with Gasteiger partial charge in [-0.25, -0.2) is 4.98 Å². The number of rotatable bonds is 3. The summed E-state index contributed by atoms with van der Waals surface area (Å²) < 4.78 is 0. The van der Waals surface area contributed by atoms with Gasteiger partial charge in [0.15, 0.2) is 0 Å². The maximum Gasteiger partial charge on any atom is 0.251 e. The Balaban J connectivity index is 1.74. The van der Waals surface area contributed by atoms with Gasteiger partial charge in [-0.1, -0.05) is 0 Å². The monoisotopic (exact) mass is 285 g/mol. The van der Waals surface area contributed by atoms with E-state index in [9.17, 15) is 4.79 Å². The van der Waals surface area contributed by atoms with Crippen molar-refractivity contribution in [1.29, 1.82) is 0 Å². The van der Waals surface area contributed by atoms with E-state index in [1.165, 1.54) is 0 Å². The highest BCUT2D eigenvalue weighted by Gasteiger charge is 2.09. The number of aryl methyl sites for hydroxylation is 2. The van der Waals surface area contributed by atoms with E-state index >= 15 is 0 Å². The van der Waals surface area contributed by atoms with E-state index in [0.29, 0.717) is 12.1 Å². The van der Waals surface area contributed by atoms with Crippen LogP contribution in [-0.4, -0.2) is 15.9 Å². The minimum absolute atomic E-state index is 0.0569. The lowest BCUT2D eigenvalue weighted by Crippen LogP contribution is -2.22. The highest BCUT2D eigenvalue weighted by atomic mass is 32.1.